The molecule has 1 amide bonds. The van der Waals surface area contributed by atoms with Crippen molar-refractivity contribution < 1.29 is 9.53 Å². The van der Waals surface area contributed by atoms with Gasteiger partial charge in [-0.25, -0.2) is 14.6 Å². The zero-order valence-electron chi connectivity index (χ0n) is 16.5. The molecule has 2 aliphatic heterocycles. The van der Waals surface area contributed by atoms with E-state index >= 15 is 0 Å². The molecule has 0 aliphatic carbocycles. The number of nitrogens with one attached hydrogen (secondary N) is 2. The molecule has 9 heteroatoms. The summed E-state index contributed by atoms with van der Waals surface area (Å²) in [4.78, 5) is 46.4. The number of aromatic nitrogens is 4. The molecule has 3 rings (SSSR count). The van der Waals surface area contributed by atoms with Crippen LogP contribution in [0, 0.1) is 13.8 Å². The van der Waals surface area contributed by atoms with E-state index in [0.29, 0.717) is 5.52 Å². The molecule has 2 aliphatic rings. The number of carbonyl (C=O) groups excluding carboxylic acids is 1. The number of ether oxygens (including phenoxy) is 1. The number of hydrogen-bond donors (Lipinski definition) is 2. The summed E-state index contributed by atoms with van der Waals surface area (Å²) in [5.74, 6) is 0.176. The first-order valence-corrected chi connectivity index (χ1v) is 8.94. The van der Waals surface area contributed by atoms with E-state index in [0.717, 1.165) is 16.6 Å². The molecule has 148 valence electrons. The second-order valence-electron chi connectivity index (χ2n) is 7.66. The number of alkyl carbamates (subject to hydrolysis) is 1. The fourth-order valence-corrected chi connectivity index (χ4v) is 2.86. The smallest absolute Gasteiger partial charge is 0.407 e. The molecular formula is C19H23N5O4. The average Bonchev–Trinajstić information content (AvgIpc) is 2.55. The quantitative estimate of drug-likeness (QED) is 0.663. The van der Waals surface area contributed by atoms with Crippen LogP contribution in [0.4, 0.5) is 4.79 Å². The van der Waals surface area contributed by atoms with Gasteiger partial charge in [-0.3, -0.25) is 9.78 Å². The van der Waals surface area contributed by atoms with Crippen molar-refractivity contribution in [3.63, 3.8) is 0 Å². The van der Waals surface area contributed by atoms with Gasteiger partial charge < -0.3 is 14.6 Å². The molecule has 2 N–H and O–H groups in total. The third kappa shape index (κ3) is 4.03. The van der Waals surface area contributed by atoms with Gasteiger partial charge in [0.25, 0.3) is 5.56 Å². The van der Waals surface area contributed by atoms with E-state index in [1.165, 1.54) is 0 Å². The van der Waals surface area contributed by atoms with Gasteiger partial charge in [0.05, 0.1) is 11.0 Å². The first kappa shape index (κ1) is 19.5. The highest BCUT2D eigenvalue weighted by Gasteiger charge is 2.20. The Morgan fingerprint density at radius 1 is 1.18 bits per heavy atom. The number of rotatable bonds is 3. The Bertz CT molecular complexity index is 1140. The largest absolute Gasteiger partial charge is 0.444 e. The van der Waals surface area contributed by atoms with Crippen LogP contribution in [0.15, 0.2) is 21.7 Å². The predicted molar refractivity (Wildman–Crippen MR) is 105 cm³/mol. The lowest BCUT2D eigenvalue weighted by Gasteiger charge is -2.21. The van der Waals surface area contributed by atoms with Crippen LogP contribution in [-0.4, -0.2) is 37.8 Å². The molecule has 0 fully saturated rings. The number of nitrogens with zero attached hydrogens (tertiary/aromatic N) is 3. The van der Waals surface area contributed by atoms with E-state index < -0.39 is 22.9 Å². The number of hydrogen-bond acceptors (Lipinski definition) is 6. The summed E-state index contributed by atoms with van der Waals surface area (Å²) in [6.07, 6.45) is -0.543. The second kappa shape index (κ2) is 7.06. The van der Waals surface area contributed by atoms with Crippen LogP contribution in [0.25, 0.3) is 22.6 Å². The Hall–Kier alpha value is -3.23. The van der Waals surface area contributed by atoms with E-state index in [9.17, 15) is 14.4 Å². The normalized spacial score (nSPS) is 11.8. The topological polar surface area (TPSA) is 119 Å². The van der Waals surface area contributed by atoms with Gasteiger partial charge in [-0.05, 0) is 57.9 Å². The van der Waals surface area contributed by atoms with Crippen molar-refractivity contribution in [2.75, 3.05) is 6.54 Å². The van der Waals surface area contributed by atoms with Gasteiger partial charge in [0.2, 0.25) is 0 Å². The Morgan fingerprint density at radius 3 is 2.54 bits per heavy atom. The Morgan fingerprint density at radius 2 is 1.86 bits per heavy atom. The van der Waals surface area contributed by atoms with E-state index in [1.54, 1.807) is 25.3 Å². The summed E-state index contributed by atoms with van der Waals surface area (Å²) >= 11 is 0. The first-order valence-electron chi connectivity index (χ1n) is 8.94. The lowest BCUT2D eigenvalue weighted by atomic mass is 10.1. The number of aryl methyl sites for hydroxylation is 2. The van der Waals surface area contributed by atoms with Gasteiger partial charge in [-0.1, -0.05) is 0 Å². The summed E-state index contributed by atoms with van der Waals surface area (Å²) in [5, 5.41) is 2.68. The Balaban J connectivity index is 2.05. The number of H-pyrrole nitrogens is 1. The van der Waals surface area contributed by atoms with Crippen LogP contribution >= 0.6 is 0 Å². The third-order valence-corrected chi connectivity index (χ3v) is 4.23. The number of aromatic amines is 1. The van der Waals surface area contributed by atoms with Gasteiger partial charge in [0.1, 0.15) is 5.60 Å². The summed E-state index contributed by atoms with van der Waals surface area (Å²) in [6, 6.07) is 3.81. The second-order valence-corrected chi connectivity index (χ2v) is 7.66. The maximum Gasteiger partial charge on any atom is 0.407 e. The Labute approximate surface area is 161 Å². The molecule has 0 spiro atoms. The predicted octanol–water partition coefficient (Wildman–Crippen LogP) is 1.73. The van der Waals surface area contributed by atoms with E-state index in [1.807, 2.05) is 26.0 Å². The van der Waals surface area contributed by atoms with E-state index in [2.05, 4.69) is 20.3 Å². The standard InChI is InChI=1S/C19H23N5O4/c1-10-8-12-13(9-11(10)2)24(7-6-20-18(27)28-19(3,4)5)15-14(21-12)16(25)23-17(26)22-15/h8-9H,6-7H2,1-5H3,(H,20,27)(H,23,25,26). The Kier molecular flexibility index (Phi) is 4.93. The SMILES string of the molecule is Cc1cc2nc3c(=O)[nH]c(=O)nc-3n(CCNC(=O)OC(C)(C)C)c2cc1C. The van der Waals surface area contributed by atoms with Gasteiger partial charge in [-0.15, -0.1) is 0 Å². The van der Waals surface area contributed by atoms with Crippen LogP contribution < -0.4 is 16.6 Å². The first-order chi connectivity index (χ1) is 13.0. The van der Waals surface area contributed by atoms with Crippen LogP contribution in [-0.2, 0) is 11.3 Å². The number of fused-ring (bicyclic) bond motifs is 2. The van der Waals surface area contributed by atoms with Crippen molar-refractivity contribution in [1.82, 2.24) is 24.8 Å². The summed E-state index contributed by atoms with van der Waals surface area (Å²) in [5.41, 5.74) is 1.54. The minimum absolute atomic E-state index is 0.0765. The lowest BCUT2D eigenvalue weighted by Crippen LogP contribution is -2.35. The number of carbonyl (C=O) groups is 1. The van der Waals surface area contributed by atoms with Crippen molar-refractivity contribution in [2.45, 2.75) is 46.8 Å². The minimum Gasteiger partial charge on any atom is -0.444 e. The monoisotopic (exact) mass is 385 g/mol. The fourth-order valence-electron chi connectivity index (χ4n) is 2.86. The molecule has 0 aromatic heterocycles. The molecule has 0 radical (unpaired) electrons. The molecule has 1 aromatic carbocycles. The summed E-state index contributed by atoms with van der Waals surface area (Å²) < 4.78 is 6.95. The maximum atomic E-state index is 12.2. The zero-order valence-corrected chi connectivity index (χ0v) is 16.5. The summed E-state index contributed by atoms with van der Waals surface area (Å²) in [6.45, 7) is 9.77. The summed E-state index contributed by atoms with van der Waals surface area (Å²) in [7, 11) is 0. The maximum absolute atomic E-state index is 12.2. The molecule has 0 unspecified atom stereocenters. The molecule has 0 saturated heterocycles. The van der Waals surface area contributed by atoms with E-state index in [-0.39, 0.29) is 24.6 Å². The van der Waals surface area contributed by atoms with Crippen molar-refractivity contribution in [1.29, 1.82) is 0 Å². The minimum atomic E-state index is -0.740. The van der Waals surface area contributed by atoms with Crippen molar-refractivity contribution >= 4 is 17.1 Å². The van der Waals surface area contributed by atoms with Crippen LogP contribution in [0.3, 0.4) is 0 Å². The zero-order chi connectivity index (χ0) is 20.6. The number of amides is 1. The van der Waals surface area contributed by atoms with Crippen LogP contribution in [0.5, 0.6) is 0 Å². The molecule has 0 saturated carbocycles. The molecule has 1 aromatic rings. The molecular weight excluding hydrogens is 362 g/mol. The molecule has 2 heterocycles. The van der Waals surface area contributed by atoms with Crippen molar-refractivity contribution in [3.8, 4) is 11.5 Å². The highest BCUT2D eigenvalue weighted by Crippen LogP contribution is 2.23. The fraction of sp³-hybridized carbons (Fsp3) is 0.421. The van der Waals surface area contributed by atoms with Crippen LogP contribution in [0.1, 0.15) is 31.9 Å². The van der Waals surface area contributed by atoms with Crippen molar-refractivity contribution in [3.05, 3.63) is 44.1 Å². The number of benzene rings is 1. The molecule has 0 bridgehead atoms. The average molecular weight is 385 g/mol. The third-order valence-electron chi connectivity index (χ3n) is 4.23. The van der Waals surface area contributed by atoms with Crippen LogP contribution in [0.2, 0.25) is 0 Å². The van der Waals surface area contributed by atoms with Gasteiger partial charge >= 0.3 is 11.8 Å². The molecule has 9 nitrogen and oxygen atoms in total. The lowest BCUT2D eigenvalue weighted by molar-refractivity contribution is 0.0526. The van der Waals surface area contributed by atoms with Crippen molar-refractivity contribution in [2.24, 2.45) is 0 Å². The highest BCUT2D eigenvalue weighted by atomic mass is 16.6. The molecule has 28 heavy (non-hydrogen) atoms. The van der Waals surface area contributed by atoms with Gasteiger partial charge in [0, 0.05) is 13.1 Å². The van der Waals surface area contributed by atoms with Gasteiger partial charge in [-0.2, -0.15) is 4.98 Å². The van der Waals surface area contributed by atoms with E-state index in [4.69, 9.17) is 4.74 Å². The highest BCUT2D eigenvalue weighted by molar-refractivity contribution is 5.81. The van der Waals surface area contributed by atoms with Gasteiger partial charge in [0.15, 0.2) is 11.5 Å². The molecule has 0 atom stereocenters.